The van der Waals surface area contributed by atoms with Crippen molar-refractivity contribution in [2.75, 3.05) is 0 Å². The van der Waals surface area contributed by atoms with Gasteiger partial charge in [0.05, 0.1) is 21.1 Å². The fraction of sp³-hybridized carbons (Fsp3) is 0.429. The minimum atomic E-state index is -0.165. The lowest BCUT2D eigenvalue weighted by atomic mass is 9.68. The fourth-order valence-electron chi connectivity index (χ4n) is 6.87. The first kappa shape index (κ1) is 22.9. The molecule has 0 N–H and O–H groups in total. The van der Waals surface area contributed by atoms with Gasteiger partial charge in [0.1, 0.15) is 45.4 Å². The highest BCUT2D eigenvalue weighted by Crippen LogP contribution is 2.70. The maximum absolute atomic E-state index is 9.32. The average molecular weight is 507 g/mol. The van der Waals surface area contributed by atoms with Gasteiger partial charge in [-0.2, -0.15) is 21.0 Å². The van der Waals surface area contributed by atoms with Crippen LogP contribution in [0.15, 0.2) is 11.1 Å². The molecular formula is C28H22N6S2. The van der Waals surface area contributed by atoms with E-state index in [2.05, 4.69) is 0 Å². The molecule has 2 heterocycles. The highest BCUT2D eigenvalue weighted by Gasteiger charge is 2.60. The zero-order valence-electron chi connectivity index (χ0n) is 19.7. The lowest BCUT2D eigenvalue weighted by molar-refractivity contribution is 0.366. The van der Waals surface area contributed by atoms with Gasteiger partial charge in [0.2, 0.25) is 0 Å². The zero-order valence-corrected chi connectivity index (χ0v) is 21.4. The first-order chi connectivity index (χ1) is 17.6. The van der Waals surface area contributed by atoms with Crippen LogP contribution < -0.4 is 0 Å². The molecule has 0 aromatic carbocycles. The summed E-state index contributed by atoms with van der Waals surface area (Å²) in [7, 11) is 0. The van der Waals surface area contributed by atoms with Crippen LogP contribution in [0, 0.1) is 45.3 Å². The molecule has 2 saturated carbocycles. The van der Waals surface area contributed by atoms with E-state index in [1.54, 1.807) is 34.8 Å². The molecule has 2 aromatic heterocycles. The Kier molecular flexibility index (Phi) is 5.42. The Morgan fingerprint density at radius 3 is 1.31 bits per heavy atom. The van der Waals surface area contributed by atoms with E-state index < -0.39 is 0 Å². The number of aromatic nitrogens is 2. The Hall–Kier alpha value is -3.56. The molecule has 0 radical (unpaired) electrons. The van der Waals surface area contributed by atoms with E-state index in [-0.39, 0.29) is 22.0 Å². The van der Waals surface area contributed by atoms with Crippen LogP contribution in [0.5, 0.6) is 0 Å². The molecule has 4 aliphatic rings. The molecule has 0 bridgehead atoms. The van der Waals surface area contributed by atoms with Crippen LogP contribution in [0.4, 0.5) is 0 Å². The highest BCUT2D eigenvalue weighted by atomic mass is 32.1. The summed E-state index contributed by atoms with van der Waals surface area (Å²) in [6.45, 7) is 0. The summed E-state index contributed by atoms with van der Waals surface area (Å²) in [6.07, 6.45) is 14.4. The van der Waals surface area contributed by atoms with Crippen LogP contribution in [0.25, 0.3) is 23.3 Å². The number of fused-ring (bicyclic) bond motifs is 8. The largest absolute Gasteiger partial charge is 0.240 e. The number of allylic oxidation sites excluding steroid dienone is 4. The summed E-state index contributed by atoms with van der Waals surface area (Å²) >= 11 is 3.24. The van der Waals surface area contributed by atoms with E-state index in [0.717, 1.165) is 72.8 Å². The van der Waals surface area contributed by atoms with E-state index in [1.165, 1.54) is 33.7 Å². The highest BCUT2D eigenvalue weighted by molar-refractivity contribution is 7.15. The number of hydrogen-bond donors (Lipinski definition) is 0. The van der Waals surface area contributed by atoms with Crippen molar-refractivity contribution in [2.45, 2.75) is 75.0 Å². The zero-order chi connectivity index (χ0) is 24.9. The molecule has 8 heteroatoms. The summed E-state index contributed by atoms with van der Waals surface area (Å²) in [6, 6.07) is 7.90. The maximum atomic E-state index is 9.32. The molecule has 0 aliphatic heterocycles. The van der Waals surface area contributed by atoms with E-state index in [4.69, 9.17) is 9.97 Å². The Morgan fingerprint density at radius 1 is 0.611 bits per heavy atom. The number of nitriles is 4. The van der Waals surface area contributed by atoms with Gasteiger partial charge in [-0.05, 0) is 36.8 Å². The lowest BCUT2D eigenvalue weighted by Gasteiger charge is -2.35. The van der Waals surface area contributed by atoms with Crippen molar-refractivity contribution >= 4 is 46.0 Å². The number of thiazole rings is 2. The Bertz CT molecular complexity index is 1390. The first-order valence-corrected chi connectivity index (χ1v) is 14.1. The lowest BCUT2D eigenvalue weighted by Crippen LogP contribution is -2.29. The summed E-state index contributed by atoms with van der Waals surface area (Å²) in [5, 5.41) is 38.7. The van der Waals surface area contributed by atoms with Crippen molar-refractivity contribution in [3.63, 3.8) is 0 Å². The molecule has 0 amide bonds. The molecule has 0 atom stereocenters. The van der Waals surface area contributed by atoms with Crippen LogP contribution in [0.1, 0.15) is 95.4 Å². The third-order valence-corrected chi connectivity index (χ3v) is 10.3. The summed E-state index contributed by atoms with van der Waals surface area (Å²) < 4.78 is 0. The standard InChI is InChI=1S/C28H22N6S2/c29-13-17(14-30)11-19-33-25-24(36-19)22-21(27(25)7-3-1-4-8-27)23-26(28(22)9-5-2-6-10-28)34-20(35-23)12-18(15-31)16-32/h11-12H,1-10H2. The molecule has 2 fully saturated rings. The predicted octanol–water partition coefficient (Wildman–Crippen LogP) is 6.80. The minimum Gasteiger partial charge on any atom is -0.240 e. The van der Waals surface area contributed by atoms with E-state index in [9.17, 15) is 21.0 Å². The van der Waals surface area contributed by atoms with Crippen molar-refractivity contribution in [1.29, 1.82) is 21.0 Å². The Labute approximate surface area is 218 Å². The summed E-state index contributed by atoms with van der Waals surface area (Å²) in [5.41, 5.74) is 4.90. The quantitative estimate of drug-likeness (QED) is 0.413. The Balaban J connectivity index is 1.61. The van der Waals surface area contributed by atoms with Crippen molar-refractivity contribution in [1.82, 2.24) is 9.97 Å². The third kappa shape index (κ3) is 3.09. The van der Waals surface area contributed by atoms with Crippen molar-refractivity contribution < 1.29 is 0 Å². The Morgan fingerprint density at radius 2 is 0.972 bits per heavy atom. The van der Waals surface area contributed by atoms with Crippen LogP contribution in [0.2, 0.25) is 0 Å². The molecule has 4 aliphatic carbocycles. The van der Waals surface area contributed by atoms with Crippen molar-refractivity contribution in [2.24, 2.45) is 0 Å². The molecule has 6 rings (SSSR count). The van der Waals surface area contributed by atoms with Gasteiger partial charge in [-0.1, -0.05) is 38.5 Å². The van der Waals surface area contributed by atoms with E-state index in [1.807, 2.05) is 24.3 Å². The monoisotopic (exact) mass is 506 g/mol. The van der Waals surface area contributed by atoms with Crippen LogP contribution >= 0.6 is 22.7 Å². The topological polar surface area (TPSA) is 121 Å². The number of rotatable bonds is 2. The van der Waals surface area contributed by atoms with Crippen molar-refractivity contribution in [3.05, 3.63) is 42.3 Å². The SMILES string of the molecule is N#CC(C#N)=Cc1nc2c(s1)C1=C(c3sc(C=C(C#N)C#N)nc3C13CCCCC3)C21CCCCC1. The fourth-order valence-corrected chi connectivity index (χ4v) is 9.39. The van der Waals surface area contributed by atoms with E-state index in [0.29, 0.717) is 0 Å². The van der Waals surface area contributed by atoms with Gasteiger partial charge in [0, 0.05) is 23.0 Å². The van der Waals surface area contributed by atoms with Crippen LogP contribution in [-0.2, 0) is 10.8 Å². The van der Waals surface area contributed by atoms with Crippen LogP contribution in [-0.4, -0.2) is 9.97 Å². The number of hydrogen-bond acceptors (Lipinski definition) is 8. The average Bonchev–Trinajstić information content (AvgIpc) is 3.63. The van der Waals surface area contributed by atoms with Gasteiger partial charge >= 0.3 is 0 Å². The molecule has 6 nitrogen and oxygen atoms in total. The predicted molar refractivity (Wildman–Crippen MR) is 139 cm³/mol. The minimum absolute atomic E-state index is 0.0797. The molecule has 36 heavy (non-hydrogen) atoms. The van der Waals surface area contributed by atoms with Gasteiger partial charge < -0.3 is 0 Å². The molecular weight excluding hydrogens is 484 g/mol. The van der Waals surface area contributed by atoms with Gasteiger partial charge in [-0.3, -0.25) is 0 Å². The third-order valence-electron chi connectivity index (χ3n) is 8.29. The second kappa shape index (κ2) is 8.53. The van der Waals surface area contributed by atoms with Gasteiger partial charge in [0.25, 0.3) is 0 Å². The summed E-state index contributed by atoms with van der Waals surface area (Å²) in [4.78, 5) is 12.7. The van der Waals surface area contributed by atoms with Crippen LogP contribution in [0.3, 0.4) is 0 Å². The molecule has 0 saturated heterocycles. The molecule has 2 spiro atoms. The first-order valence-electron chi connectivity index (χ1n) is 12.4. The second-order valence-electron chi connectivity index (χ2n) is 10.1. The summed E-state index contributed by atoms with van der Waals surface area (Å²) in [5.74, 6) is 0. The van der Waals surface area contributed by atoms with Gasteiger partial charge in [0.15, 0.2) is 0 Å². The van der Waals surface area contributed by atoms with Gasteiger partial charge in [-0.15, -0.1) is 22.7 Å². The number of nitrogens with zero attached hydrogens (tertiary/aromatic N) is 6. The molecule has 0 unspecified atom stereocenters. The van der Waals surface area contributed by atoms with E-state index >= 15 is 0 Å². The van der Waals surface area contributed by atoms with Crippen molar-refractivity contribution in [3.8, 4) is 24.3 Å². The molecule has 2 aromatic rings. The second-order valence-corrected chi connectivity index (χ2v) is 12.1. The smallest absolute Gasteiger partial charge is 0.132 e. The normalized spacial score (nSPS) is 19.9. The van der Waals surface area contributed by atoms with Gasteiger partial charge in [-0.25, -0.2) is 9.97 Å². The maximum Gasteiger partial charge on any atom is 0.132 e. The molecule has 176 valence electrons.